The molecule has 0 saturated carbocycles. The number of pyridine rings is 1. The number of hydrogen-bond donors (Lipinski definition) is 1. The maximum Gasteiger partial charge on any atom is 0.138 e. The molecule has 0 bridgehead atoms. The highest BCUT2D eigenvalue weighted by molar-refractivity contribution is 6.31. The van der Waals surface area contributed by atoms with E-state index in [4.69, 9.17) is 11.6 Å². The fourth-order valence-electron chi connectivity index (χ4n) is 2.66. The lowest BCUT2D eigenvalue weighted by Gasteiger charge is -2.14. The molecule has 0 radical (unpaired) electrons. The van der Waals surface area contributed by atoms with Crippen LogP contribution in [-0.2, 0) is 19.4 Å². The van der Waals surface area contributed by atoms with E-state index >= 15 is 0 Å². The average Bonchev–Trinajstić information content (AvgIpc) is 2.90. The molecule has 0 aromatic carbocycles. The molecule has 2 aromatic heterocycles. The Morgan fingerprint density at radius 3 is 3.00 bits per heavy atom. The molecule has 2 heterocycles. The molecule has 0 saturated heterocycles. The Hall–Kier alpha value is -1.39. The number of nitrogens with one attached hydrogen (secondary N) is 1. The number of aryl methyl sites for hydroxylation is 1. The molecule has 3 rings (SSSR count). The standard InChI is InChI=1S/C15H19ClN4/c1-2-17-8-11-7-15(18-9-12(11)16)20-10-19-13-5-3-4-6-14(13)20/h7,9-10,17H,2-6,8H2,1H3. The second-order valence-electron chi connectivity index (χ2n) is 5.13. The molecule has 2 aromatic rings. The topological polar surface area (TPSA) is 42.7 Å². The molecule has 0 atom stereocenters. The summed E-state index contributed by atoms with van der Waals surface area (Å²) < 4.78 is 2.11. The molecular formula is C15H19ClN4. The lowest BCUT2D eigenvalue weighted by Crippen LogP contribution is -2.13. The van der Waals surface area contributed by atoms with Crippen molar-refractivity contribution in [2.75, 3.05) is 6.54 Å². The van der Waals surface area contributed by atoms with Gasteiger partial charge in [-0.3, -0.25) is 4.57 Å². The Morgan fingerprint density at radius 1 is 1.30 bits per heavy atom. The van der Waals surface area contributed by atoms with Gasteiger partial charge >= 0.3 is 0 Å². The summed E-state index contributed by atoms with van der Waals surface area (Å²) in [5.41, 5.74) is 3.61. The van der Waals surface area contributed by atoms with Gasteiger partial charge in [0.05, 0.1) is 10.7 Å². The van der Waals surface area contributed by atoms with Gasteiger partial charge in [-0.1, -0.05) is 18.5 Å². The summed E-state index contributed by atoms with van der Waals surface area (Å²) in [6, 6.07) is 2.06. The van der Waals surface area contributed by atoms with Crippen molar-refractivity contribution in [1.29, 1.82) is 0 Å². The lowest BCUT2D eigenvalue weighted by atomic mass is 10.0. The van der Waals surface area contributed by atoms with E-state index in [0.29, 0.717) is 5.02 Å². The fraction of sp³-hybridized carbons (Fsp3) is 0.467. The Morgan fingerprint density at radius 2 is 2.15 bits per heavy atom. The fourth-order valence-corrected chi connectivity index (χ4v) is 2.83. The quantitative estimate of drug-likeness (QED) is 0.941. The van der Waals surface area contributed by atoms with Crippen molar-refractivity contribution >= 4 is 11.6 Å². The van der Waals surface area contributed by atoms with Crippen LogP contribution in [0.5, 0.6) is 0 Å². The van der Waals surface area contributed by atoms with Crippen molar-refractivity contribution in [2.45, 2.75) is 39.2 Å². The van der Waals surface area contributed by atoms with Crippen molar-refractivity contribution in [2.24, 2.45) is 0 Å². The monoisotopic (exact) mass is 290 g/mol. The highest BCUT2D eigenvalue weighted by Gasteiger charge is 2.17. The molecule has 1 aliphatic carbocycles. The molecule has 106 valence electrons. The number of imidazole rings is 1. The summed E-state index contributed by atoms with van der Waals surface area (Å²) in [7, 11) is 0. The first-order chi connectivity index (χ1) is 9.79. The number of aromatic nitrogens is 3. The summed E-state index contributed by atoms with van der Waals surface area (Å²) in [5.74, 6) is 0.915. The van der Waals surface area contributed by atoms with Crippen LogP contribution in [0.25, 0.3) is 5.82 Å². The number of halogens is 1. The van der Waals surface area contributed by atoms with E-state index in [9.17, 15) is 0 Å². The van der Waals surface area contributed by atoms with Crippen LogP contribution in [0.2, 0.25) is 5.02 Å². The molecule has 1 aliphatic rings. The Bertz CT molecular complexity index is 606. The van der Waals surface area contributed by atoms with Crippen LogP contribution < -0.4 is 5.32 Å². The lowest BCUT2D eigenvalue weighted by molar-refractivity contribution is 0.653. The van der Waals surface area contributed by atoms with E-state index in [1.807, 2.05) is 6.33 Å². The van der Waals surface area contributed by atoms with Crippen molar-refractivity contribution in [1.82, 2.24) is 19.9 Å². The SMILES string of the molecule is CCNCc1cc(-n2cnc3c2CCCC3)ncc1Cl. The largest absolute Gasteiger partial charge is 0.313 e. The maximum atomic E-state index is 6.21. The van der Waals surface area contributed by atoms with Gasteiger partial charge < -0.3 is 5.32 Å². The minimum Gasteiger partial charge on any atom is -0.313 e. The highest BCUT2D eigenvalue weighted by atomic mass is 35.5. The summed E-state index contributed by atoms with van der Waals surface area (Å²) in [6.07, 6.45) is 8.27. The third-order valence-corrected chi connectivity index (χ3v) is 4.10. The highest BCUT2D eigenvalue weighted by Crippen LogP contribution is 2.24. The molecule has 0 spiro atoms. The number of nitrogens with zero attached hydrogens (tertiary/aromatic N) is 3. The predicted molar refractivity (Wildman–Crippen MR) is 80.4 cm³/mol. The molecule has 0 aliphatic heterocycles. The number of hydrogen-bond acceptors (Lipinski definition) is 3. The Kier molecular flexibility index (Phi) is 4.03. The normalized spacial score (nSPS) is 14.3. The summed E-state index contributed by atoms with van der Waals surface area (Å²) >= 11 is 6.21. The van der Waals surface area contributed by atoms with Gasteiger partial charge in [-0.15, -0.1) is 0 Å². The molecule has 4 nitrogen and oxygen atoms in total. The minimum atomic E-state index is 0.712. The zero-order valence-corrected chi connectivity index (χ0v) is 12.5. The second-order valence-corrected chi connectivity index (χ2v) is 5.54. The maximum absolute atomic E-state index is 6.21. The Labute approximate surface area is 124 Å². The van der Waals surface area contributed by atoms with Crippen LogP contribution in [0, 0.1) is 0 Å². The summed E-state index contributed by atoms with van der Waals surface area (Å²) in [4.78, 5) is 8.98. The third-order valence-electron chi connectivity index (χ3n) is 3.76. The van der Waals surface area contributed by atoms with E-state index in [2.05, 4.69) is 32.8 Å². The first-order valence-electron chi connectivity index (χ1n) is 7.20. The van der Waals surface area contributed by atoms with Gasteiger partial charge in [0, 0.05) is 18.4 Å². The number of fused-ring (bicyclic) bond motifs is 1. The zero-order valence-electron chi connectivity index (χ0n) is 11.7. The summed E-state index contributed by atoms with van der Waals surface area (Å²) in [6.45, 7) is 3.78. The van der Waals surface area contributed by atoms with E-state index in [1.165, 1.54) is 24.2 Å². The van der Waals surface area contributed by atoms with Gasteiger partial charge in [0.15, 0.2) is 0 Å². The van der Waals surface area contributed by atoms with Gasteiger partial charge in [0.25, 0.3) is 0 Å². The molecule has 0 fully saturated rings. The van der Waals surface area contributed by atoms with Crippen LogP contribution in [0.1, 0.15) is 36.7 Å². The van der Waals surface area contributed by atoms with Crippen LogP contribution >= 0.6 is 11.6 Å². The van der Waals surface area contributed by atoms with Crippen LogP contribution in [-0.4, -0.2) is 21.1 Å². The minimum absolute atomic E-state index is 0.712. The van der Waals surface area contributed by atoms with Crippen molar-refractivity contribution in [3.05, 3.63) is 40.6 Å². The van der Waals surface area contributed by atoms with E-state index in [0.717, 1.165) is 37.3 Å². The summed E-state index contributed by atoms with van der Waals surface area (Å²) in [5, 5.41) is 4.01. The van der Waals surface area contributed by atoms with Gasteiger partial charge in [-0.25, -0.2) is 9.97 Å². The molecule has 1 N–H and O–H groups in total. The number of rotatable bonds is 4. The van der Waals surface area contributed by atoms with Gasteiger partial charge in [-0.05, 0) is 43.9 Å². The molecular weight excluding hydrogens is 272 g/mol. The van der Waals surface area contributed by atoms with Gasteiger partial charge in [-0.2, -0.15) is 0 Å². The van der Waals surface area contributed by atoms with E-state index in [-0.39, 0.29) is 0 Å². The van der Waals surface area contributed by atoms with Crippen molar-refractivity contribution in [3.8, 4) is 5.82 Å². The van der Waals surface area contributed by atoms with Crippen LogP contribution in [0.4, 0.5) is 0 Å². The molecule has 0 unspecified atom stereocenters. The van der Waals surface area contributed by atoms with E-state index in [1.54, 1.807) is 6.20 Å². The molecule has 5 heteroatoms. The van der Waals surface area contributed by atoms with E-state index < -0.39 is 0 Å². The van der Waals surface area contributed by atoms with Gasteiger partial charge in [0.2, 0.25) is 0 Å². The van der Waals surface area contributed by atoms with Crippen LogP contribution in [0.15, 0.2) is 18.6 Å². The molecule has 0 amide bonds. The third kappa shape index (κ3) is 2.58. The van der Waals surface area contributed by atoms with Gasteiger partial charge in [0.1, 0.15) is 12.1 Å². The average molecular weight is 291 g/mol. The zero-order chi connectivity index (χ0) is 13.9. The first-order valence-corrected chi connectivity index (χ1v) is 7.58. The Balaban J connectivity index is 1.95. The first kappa shape index (κ1) is 13.6. The predicted octanol–water partition coefficient (Wildman–Crippen LogP) is 2.91. The van der Waals surface area contributed by atoms with Crippen LogP contribution in [0.3, 0.4) is 0 Å². The molecule has 20 heavy (non-hydrogen) atoms. The second kappa shape index (κ2) is 5.94. The smallest absolute Gasteiger partial charge is 0.138 e. The van der Waals surface area contributed by atoms with Crippen molar-refractivity contribution < 1.29 is 0 Å². The van der Waals surface area contributed by atoms with Crippen molar-refractivity contribution in [3.63, 3.8) is 0 Å².